The number of phenolic OH excluding ortho intramolecular Hbond substituents is 1. The predicted molar refractivity (Wildman–Crippen MR) is 296 cm³/mol. The van der Waals surface area contributed by atoms with Gasteiger partial charge in [-0.25, -0.2) is 0 Å². The van der Waals surface area contributed by atoms with Gasteiger partial charge < -0.3 is 89.2 Å². The number of nitrogens with one attached hydrogen (secondary N) is 7. The van der Waals surface area contributed by atoms with Gasteiger partial charge >= 0.3 is 0 Å². The van der Waals surface area contributed by atoms with Crippen LogP contribution in [0.2, 0.25) is 0 Å². The number of carbonyl (C=O) groups excluding carboxylic acids is 11. The Labute approximate surface area is 451 Å². The van der Waals surface area contributed by atoms with Gasteiger partial charge in [0, 0.05) is 17.9 Å². The van der Waals surface area contributed by atoms with Crippen LogP contribution >= 0.6 is 21.6 Å². The van der Waals surface area contributed by atoms with Gasteiger partial charge in [0.15, 0.2) is 0 Å². The van der Waals surface area contributed by atoms with Crippen molar-refractivity contribution in [1.29, 1.82) is 0 Å². The molecule has 9 atom stereocenters. The highest BCUT2D eigenvalue weighted by atomic mass is 33.1. The molecule has 1 heterocycles. The second-order valence-electron chi connectivity index (χ2n) is 17.1. The van der Waals surface area contributed by atoms with Crippen molar-refractivity contribution in [2.75, 3.05) is 59.8 Å². The van der Waals surface area contributed by atoms with Crippen molar-refractivity contribution in [3.63, 3.8) is 0 Å². The number of aromatic hydroxyl groups is 1. The van der Waals surface area contributed by atoms with Crippen molar-refractivity contribution >= 4 is 89.0 Å². The highest BCUT2D eigenvalue weighted by molar-refractivity contribution is 8.76. The number of amides is 6. The number of aldehydes is 5. The molecular weight excluding hydrogens is 1010 g/mol. The Kier molecular flexibility index (Phi) is 50.3. The molecule has 2 rings (SSSR count). The number of likely N-dealkylation sites (N-methyl/N-ethyl adjacent to an activating group) is 4. The molecule has 1 aromatic carbocycles. The van der Waals surface area contributed by atoms with Crippen LogP contribution in [0.3, 0.4) is 0 Å². The molecule has 9 unspecified atom stereocenters. The van der Waals surface area contributed by atoms with E-state index >= 15 is 0 Å². The van der Waals surface area contributed by atoms with E-state index in [1.807, 2.05) is 39.6 Å². The minimum absolute atomic E-state index is 0.00208. The van der Waals surface area contributed by atoms with E-state index in [1.165, 1.54) is 47.8 Å². The van der Waals surface area contributed by atoms with Gasteiger partial charge in [0.25, 0.3) is 0 Å². The van der Waals surface area contributed by atoms with Gasteiger partial charge in [-0.2, -0.15) is 0 Å². The average molecular weight is 1100 g/mol. The summed E-state index contributed by atoms with van der Waals surface area (Å²) in [6.07, 6.45) is 9.30. The molecule has 1 aliphatic heterocycles. The number of nitrogens with zero attached hydrogens (tertiary/aromatic N) is 1. The van der Waals surface area contributed by atoms with Crippen LogP contribution in [-0.4, -0.2) is 186 Å². The van der Waals surface area contributed by atoms with E-state index in [2.05, 4.69) is 55.6 Å². The van der Waals surface area contributed by atoms with E-state index in [0.717, 1.165) is 51.1 Å². The summed E-state index contributed by atoms with van der Waals surface area (Å²) in [6.45, 7) is 11.3. The zero-order valence-corrected chi connectivity index (χ0v) is 47.2. The Hall–Kier alpha value is -5.35. The summed E-state index contributed by atoms with van der Waals surface area (Å²) in [4.78, 5) is 125. The maximum atomic E-state index is 13.1. The Morgan fingerprint density at radius 1 is 0.773 bits per heavy atom. The van der Waals surface area contributed by atoms with Gasteiger partial charge in [0.1, 0.15) is 43.2 Å². The number of rotatable bonds is 31. The summed E-state index contributed by atoms with van der Waals surface area (Å²) >= 11 is 0. The van der Waals surface area contributed by atoms with Crippen LogP contribution in [0.25, 0.3) is 0 Å². The molecule has 1 aromatic rings. The molecule has 75 heavy (non-hydrogen) atoms. The largest absolute Gasteiger partial charge is 0.508 e. The molecule has 0 aliphatic carbocycles. The van der Waals surface area contributed by atoms with Crippen LogP contribution in [0, 0.1) is 11.8 Å². The lowest BCUT2D eigenvalue weighted by molar-refractivity contribution is -0.130. The van der Waals surface area contributed by atoms with Crippen molar-refractivity contribution < 1.29 is 57.8 Å². The number of hydrogen-bond acceptors (Lipinski definition) is 20. The first-order valence-corrected chi connectivity index (χ1v) is 27.1. The molecule has 0 radical (unpaired) electrons. The monoisotopic (exact) mass is 1100 g/mol. The topological polar surface area (TPSA) is 400 Å². The van der Waals surface area contributed by atoms with Crippen LogP contribution in [0.15, 0.2) is 24.3 Å². The smallest absolute Gasteiger partial charge is 0.243 e. The third-order valence-electron chi connectivity index (χ3n) is 10.7. The van der Waals surface area contributed by atoms with Gasteiger partial charge in [-0.15, -0.1) is 0 Å². The molecule has 26 heteroatoms. The van der Waals surface area contributed by atoms with Gasteiger partial charge in [-0.05, 0) is 97.0 Å². The fourth-order valence-corrected chi connectivity index (χ4v) is 8.54. The lowest BCUT2D eigenvalue weighted by Crippen LogP contribution is -2.55. The first kappa shape index (κ1) is 76.2. The molecular formula is C49H90N12O12S2. The molecule has 6 amide bonds. The lowest BCUT2D eigenvalue weighted by Gasteiger charge is -2.24. The minimum atomic E-state index is -1.03. The number of phenols is 1. The molecule has 1 aliphatic rings. The SMILES string of the molecule is CC(C)CC(C=O)NC(=O)C1CCCN1C.CCC(C)C(C=O)NC(=O)C(Cc1ccc(O)cc1)NC(=O)C(N)CSSCC(C=O)NC(=O)C(CC(N)=O)NC.CCCC(C=O)NC.CN.CNCC=O.NC=O. The van der Waals surface area contributed by atoms with Crippen LogP contribution < -0.4 is 60.2 Å². The molecule has 1 saturated heterocycles. The second kappa shape index (κ2) is 49.5. The first-order chi connectivity index (χ1) is 35.7. The van der Waals surface area contributed by atoms with Gasteiger partial charge in [-0.3, -0.25) is 33.7 Å². The maximum absolute atomic E-state index is 13.1. The molecule has 1 fully saturated rings. The average Bonchev–Trinajstić information content (AvgIpc) is 3.84. The van der Waals surface area contributed by atoms with Gasteiger partial charge in [0.2, 0.25) is 35.9 Å². The number of carbonyl (C=O) groups is 11. The van der Waals surface area contributed by atoms with E-state index in [9.17, 15) is 53.1 Å². The van der Waals surface area contributed by atoms with Crippen molar-refractivity contribution in [2.45, 2.75) is 134 Å². The van der Waals surface area contributed by atoms with Gasteiger partial charge in [0.05, 0.1) is 55.3 Å². The zero-order chi connectivity index (χ0) is 58.3. The number of hydrogen-bond donors (Lipinski definition) is 12. The van der Waals surface area contributed by atoms with Gasteiger partial charge in [-0.1, -0.05) is 81.2 Å². The van der Waals surface area contributed by atoms with E-state index < -0.39 is 53.8 Å². The quantitative estimate of drug-likeness (QED) is 0.0228. The highest BCUT2D eigenvalue weighted by Gasteiger charge is 2.30. The number of nitrogens with two attached hydrogens (primary N) is 4. The second-order valence-corrected chi connectivity index (χ2v) is 19.7. The fraction of sp³-hybridized carbons (Fsp3) is 0.653. The number of likely N-dealkylation sites (tertiary alicyclic amines) is 1. The molecule has 0 saturated carbocycles. The predicted octanol–water partition coefficient (Wildman–Crippen LogP) is -1.53. The summed E-state index contributed by atoms with van der Waals surface area (Å²) in [5, 5.41) is 28.4. The first-order valence-electron chi connectivity index (χ1n) is 24.6. The molecule has 430 valence electrons. The van der Waals surface area contributed by atoms with Crippen LogP contribution in [0.4, 0.5) is 0 Å². The lowest BCUT2D eigenvalue weighted by atomic mass is 9.99. The minimum Gasteiger partial charge on any atom is -0.508 e. The fourth-order valence-electron chi connectivity index (χ4n) is 6.28. The third-order valence-corrected chi connectivity index (χ3v) is 13.1. The van der Waals surface area contributed by atoms with E-state index in [-0.39, 0.29) is 66.5 Å². The maximum Gasteiger partial charge on any atom is 0.243 e. The molecule has 0 aromatic heterocycles. The molecule has 24 nitrogen and oxygen atoms in total. The molecule has 0 bridgehead atoms. The van der Waals surface area contributed by atoms with Crippen molar-refractivity contribution in [3.05, 3.63) is 29.8 Å². The number of primary amides is 2. The molecule has 0 spiro atoms. The third kappa shape index (κ3) is 38.8. The van der Waals surface area contributed by atoms with Crippen molar-refractivity contribution in [2.24, 2.45) is 34.8 Å². The van der Waals surface area contributed by atoms with E-state index in [1.54, 1.807) is 26.2 Å². The summed E-state index contributed by atoms with van der Waals surface area (Å²) < 4.78 is 0. The highest BCUT2D eigenvalue weighted by Crippen LogP contribution is 2.23. The van der Waals surface area contributed by atoms with E-state index in [4.69, 9.17) is 16.3 Å². The molecule has 16 N–H and O–H groups in total. The van der Waals surface area contributed by atoms with Crippen LogP contribution in [-0.2, 0) is 59.2 Å². The Morgan fingerprint density at radius 3 is 1.73 bits per heavy atom. The Bertz CT molecular complexity index is 1760. The standard InChI is InChI=1S/C26H40N6O7S2.C12H22N2O2.C6H13NO.C3H7NO.CH3NO.CH5N/c1-4-15(2)22(12-34)32-26(39)21(9-16-5-7-18(35)8-6-16)31-24(37)19(27)14-41-40-13-17(11-33)30-25(38)20(29-3)10-23(28)36;1-9(2)7-10(8-15)13-12(16)11-5-4-6-14(11)3;1-3-4-6(5-8)7-2;1-4-2-3-5;2-1-3;1-2/h5-8,11-12,15,17,19-22,29,35H,4,9-10,13-14,27H2,1-3H3,(H2,28,36)(H,30,38)(H,31,37)(H,32,39);8-11H,4-7H2,1-3H3,(H,13,16);5-7H,3-4H2,1-2H3;3-4H,2H2,1H3;1H,(H2,2,3);2H2,1H3. The zero-order valence-electron chi connectivity index (χ0n) is 45.5. The Morgan fingerprint density at radius 2 is 1.33 bits per heavy atom. The van der Waals surface area contributed by atoms with Crippen molar-refractivity contribution in [1.82, 2.24) is 42.1 Å². The van der Waals surface area contributed by atoms with Crippen molar-refractivity contribution in [3.8, 4) is 5.75 Å². The van der Waals surface area contributed by atoms with Crippen LogP contribution in [0.1, 0.15) is 85.1 Å². The van der Waals surface area contributed by atoms with Crippen LogP contribution in [0.5, 0.6) is 5.75 Å². The van der Waals surface area contributed by atoms with E-state index in [0.29, 0.717) is 43.4 Å². The Balaban J connectivity index is -0.000000596. The normalized spacial score (nSPS) is 15.5. The summed E-state index contributed by atoms with van der Waals surface area (Å²) in [5.41, 5.74) is 20.5. The summed E-state index contributed by atoms with van der Waals surface area (Å²) in [5.74, 6) is -1.68. The summed E-state index contributed by atoms with van der Waals surface area (Å²) in [6, 6.07) is 1.38. The number of benzene rings is 1. The summed E-state index contributed by atoms with van der Waals surface area (Å²) in [7, 11) is 10.9.